The Hall–Kier alpha value is -1.31. The maximum absolute atomic E-state index is 12.5. The van der Waals surface area contributed by atoms with Crippen LogP contribution in [0, 0.1) is 0 Å². The molecular weight excluding hydrogens is 501 g/mol. The summed E-state index contributed by atoms with van der Waals surface area (Å²) in [6.45, 7) is 4.65. The quantitative estimate of drug-likeness (QED) is 0.584. The van der Waals surface area contributed by atoms with Crippen molar-refractivity contribution in [3.63, 3.8) is 0 Å². The molecule has 166 valence electrons. The van der Waals surface area contributed by atoms with E-state index in [4.69, 9.17) is 27.9 Å². The lowest BCUT2D eigenvalue weighted by Crippen LogP contribution is -2.37. The van der Waals surface area contributed by atoms with Crippen molar-refractivity contribution in [1.29, 1.82) is 0 Å². The Morgan fingerprint density at radius 3 is 2.68 bits per heavy atom. The van der Waals surface area contributed by atoms with Crippen molar-refractivity contribution in [1.82, 2.24) is 15.1 Å². The van der Waals surface area contributed by atoms with E-state index in [1.54, 1.807) is 18.2 Å². The number of carbonyl (C=O) groups is 1. The first-order valence-corrected chi connectivity index (χ1v) is 12.0. The number of ether oxygens (including phenoxy) is 1. The van der Waals surface area contributed by atoms with Gasteiger partial charge < -0.3 is 15.0 Å². The molecule has 0 saturated carbocycles. The molecule has 0 bridgehead atoms. The molecule has 8 heteroatoms. The highest BCUT2D eigenvalue weighted by Gasteiger charge is 2.25. The molecule has 0 aromatic heterocycles. The van der Waals surface area contributed by atoms with E-state index in [1.165, 1.54) is 5.56 Å². The molecule has 2 fully saturated rings. The van der Waals surface area contributed by atoms with Gasteiger partial charge in [0.15, 0.2) is 0 Å². The summed E-state index contributed by atoms with van der Waals surface area (Å²) in [5, 5.41) is 3.94. The van der Waals surface area contributed by atoms with Crippen LogP contribution in [-0.4, -0.2) is 61.1 Å². The number of likely N-dealkylation sites (N-methyl/N-ethyl adjacent to an activating group) is 1. The first-order valence-electron chi connectivity index (χ1n) is 10.5. The van der Waals surface area contributed by atoms with Gasteiger partial charge in [-0.2, -0.15) is 0 Å². The van der Waals surface area contributed by atoms with Crippen LogP contribution in [0.25, 0.3) is 0 Å². The van der Waals surface area contributed by atoms with Gasteiger partial charge in [-0.3, -0.25) is 9.69 Å². The smallest absolute Gasteiger partial charge is 0.251 e. The highest BCUT2D eigenvalue weighted by molar-refractivity contribution is 9.10. The van der Waals surface area contributed by atoms with E-state index >= 15 is 0 Å². The number of amides is 1. The SMILES string of the molecule is CN1CCC(Oc2ccc(CN3CC[C@H](NC(=O)c4ccc(Cl)c(Cl)c4)C3)cc2Br)C1. The van der Waals surface area contributed by atoms with Crippen molar-refractivity contribution >= 4 is 45.0 Å². The minimum absolute atomic E-state index is 0.118. The number of hydrogen-bond donors (Lipinski definition) is 1. The molecule has 0 spiro atoms. The first kappa shape index (κ1) is 22.9. The summed E-state index contributed by atoms with van der Waals surface area (Å²) >= 11 is 15.6. The molecule has 0 radical (unpaired) electrons. The third kappa shape index (κ3) is 5.93. The van der Waals surface area contributed by atoms with Crippen molar-refractivity contribution in [3.05, 3.63) is 62.0 Å². The monoisotopic (exact) mass is 525 g/mol. The van der Waals surface area contributed by atoms with Crippen molar-refractivity contribution in [2.75, 3.05) is 33.2 Å². The number of likely N-dealkylation sites (tertiary alicyclic amines) is 2. The standard InChI is InChI=1S/C23H26BrCl2N3O2/c1-28-8-7-18(14-28)31-22-5-2-15(10-19(22)24)12-29-9-6-17(13-29)27-23(30)16-3-4-20(25)21(26)11-16/h2-5,10-11,17-18H,6-9,12-14H2,1H3,(H,27,30)/t17-,18?/m0/s1. The van der Waals surface area contributed by atoms with Gasteiger partial charge in [0.1, 0.15) is 11.9 Å². The van der Waals surface area contributed by atoms with E-state index in [1.807, 2.05) is 0 Å². The average molecular weight is 527 g/mol. The van der Waals surface area contributed by atoms with Crippen molar-refractivity contribution in [3.8, 4) is 5.75 Å². The predicted molar refractivity (Wildman–Crippen MR) is 128 cm³/mol. The number of halogens is 3. The number of benzene rings is 2. The van der Waals surface area contributed by atoms with E-state index in [9.17, 15) is 4.79 Å². The van der Waals surface area contributed by atoms with Gasteiger partial charge in [0.2, 0.25) is 0 Å². The Morgan fingerprint density at radius 1 is 1.13 bits per heavy atom. The highest BCUT2D eigenvalue weighted by atomic mass is 79.9. The fourth-order valence-corrected chi connectivity index (χ4v) is 4.98. The first-order chi connectivity index (χ1) is 14.9. The second-order valence-electron chi connectivity index (χ2n) is 8.38. The molecule has 2 aliphatic heterocycles. The number of hydrogen-bond acceptors (Lipinski definition) is 4. The van der Waals surface area contributed by atoms with Crippen molar-refractivity contribution in [2.45, 2.75) is 31.5 Å². The largest absolute Gasteiger partial charge is 0.488 e. The molecule has 1 unspecified atom stereocenters. The Kier molecular flexibility index (Phi) is 7.44. The Morgan fingerprint density at radius 2 is 1.97 bits per heavy atom. The van der Waals surface area contributed by atoms with Gasteiger partial charge in [-0.25, -0.2) is 0 Å². The van der Waals surface area contributed by atoms with Gasteiger partial charge in [-0.05, 0) is 71.7 Å². The van der Waals surface area contributed by atoms with Gasteiger partial charge in [-0.1, -0.05) is 29.3 Å². The van der Waals surface area contributed by atoms with Crippen LogP contribution in [0.1, 0.15) is 28.8 Å². The highest BCUT2D eigenvalue weighted by Crippen LogP contribution is 2.29. The van der Waals surface area contributed by atoms with Crippen molar-refractivity contribution in [2.24, 2.45) is 0 Å². The van der Waals surface area contributed by atoms with E-state index in [2.05, 4.69) is 56.3 Å². The molecule has 2 saturated heterocycles. The fourth-order valence-electron chi connectivity index (χ4n) is 4.17. The van der Waals surface area contributed by atoms with E-state index in [-0.39, 0.29) is 18.1 Å². The number of nitrogens with zero attached hydrogens (tertiary/aromatic N) is 2. The molecule has 2 aromatic rings. The topological polar surface area (TPSA) is 44.8 Å². The molecule has 2 aromatic carbocycles. The Balaban J connectivity index is 1.29. The molecule has 31 heavy (non-hydrogen) atoms. The third-order valence-electron chi connectivity index (χ3n) is 5.83. The molecule has 2 aliphatic rings. The second-order valence-corrected chi connectivity index (χ2v) is 10.0. The minimum atomic E-state index is -0.118. The van der Waals surface area contributed by atoms with Gasteiger partial charge in [0.25, 0.3) is 5.91 Å². The van der Waals surface area contributed by atoms with Gasteiger partial charge in [0, 0.05) is 44.3 Å². The predicted octanol–water partition coefficient (Wildman–Crippen LogP) is 4.84. The number of rotatable bonds is 6. The summed E-state index contributed by atoms with van der Waals surface area (Å²) in [7, 11) is 2.12. The molecule has 0 aliphatic carbocycles. The van der Waals surface area contributed by atoms with Crippen LogP contribution >= 0.6 is 39.1 Å². The number of carbonyl (C=O) groups excluding carboxylic acids is 1. The van der Waals surface area contributed by atoms with Crippen LogP contribution in [0.15, 0.2) is 40.9 Å². The summed E-state index contributed by atoms with van der Waals surface area (Å²) in [6, 6.07) is 11.4. The second kappa shape index (κ2) is 10.1. The van der Waals surface area contributed by atoms with Crippen LogP contribution < -0.4 is 10.1 Å². The zero-order chi connectivity index (χ0) is 22.0. The van der Waals surface area contributed by atoms with Gasteiger partial charge in [-0.15, -0.1) is 0 Å². The molecule has 1 N–H and O–H groups in total. The lowest BCUT2D eigenvalue weighted by atomic mass is 10.2. The van der Waals surface area contributed by atoms with Crippen molar-refractivity contribution < 1.29 is 9.53 Å². The lowest BCUT2D eigenvalue weighted by Gasteiger charge is -2.19. The summed E-state index contributed by atoms with van der Waals surface area (Å²) in [4.78, 5) is 17.2. The molecule has 5 nitrogen and oxygen atoms in total. The van der Waals surface area contributed by atoms with E-state index in [0.29, 0.717) is 15.6 Å². The molecule has 2 heterocycles. The van der Waals surface area contributed by atoms with Crippen LogP contribution in [0.5, 0.6) is 5.75 Å². The molecular formula is C23H26BrCl2N3O2. The maximum atomic E-state index is 12.5. The third-order valence-corrected chi connectivity index (χ3v) is 7.19. The van der Waals surface area contributed by atoms with Gasteiger partial charge in [0.05, 0.1) is 14.5 Å². The normalized spacial score (nSPS) is 22.1. The minimum Gasteiger partial charge on any atom is -0.488 e. The van der Waals surface area contributed by atoms with E-state index < -0.39 is 0 Å². The zero-order valence-corrected chi connectivity index (χ0v) is 20.5. The maximum Gasteiger partial charge on any atom is 0.251 e. The Bertz CT molecular complexity index is 958. The van der Waals surface area contributed by atoms with Crippen LogP contribution in [0.4, 0.5) is 0 Å². The zero-order valence-electron chi connectivity index (χ0n) is 17.4. The lowest BCUT2D eigenvalue weighted by molar-refractivity contribution is 0.0937. The molecule has 4 rings (SSSR count). The van der Waals surface area contributed by atoms with Crippen LogP contribution in [0.2, 0.25) is 10.0 Å². The van der Waals surface area contributed by atoms with E-state index in [0.717, 1.165) is 55.8 Å². The number of nitrogens with one attached hydrogen (secondary N) is 1. The average Bonchev–Trinajstić information content (AvgIpc) is 3.34. The summed E-state index contributed by atoms with van der Waals surface area (Å²) < 4.78 is 7.14. The molecule has 1 amide bonds. The summed E-state index contributed by atoms with van der Waals surface area (Å²) in [6.07, 6.45) is 2.24. The Labute approximate surface area is 201 Å². The summed E-state index contributed by atoms with van der Waals surface area (Å²) in [5.41, 5.74) is 1.75. The summed E-state index contributed by atoms with van der Waals surface area (Å²) in [5.74, 6) is 0.782. The van der Waals surface area contributed by atoms with Gasteiger partial charge >= 0.3 is 0 Å². The molecule has 2 atom stereocenters. The van der Waals surface area contributed by atoms with Crippen LogP contribution in [-0.2, 0) is 6.54 Å². The van der Waals surface area contributed by atoms with Crippen LogP contribution in [0.3, 0.4) is 0 Å². The fraction of sp³-hybridized carbons (Fsp3) is 0.435.